The lowest BCUT2D eigenvalue weighted by atomic mass is 9.96. The van der Waals surface area contributed by atoms with Crippen molar-refractivity contribution in [1.29, 1.82) is 0 Å². The molecule has 6 aromatic rings. The topological polar surface area (TPSA) is 200 Å². The summed E-state index contributed by atoms with van der Waals surface area (Å²) < 4.78 is 22.4. The first-order valence-electron chi connectivity index (χ1n) is 12.8. The summed E-state index contributed by atoms with van der Waals surface area (Å²) in [5.74, 6) is -2.92. The lowest BCUT2D eigenvalue weighted by Gasteiger charge is -2.15. The van der Waals surface area contributed by atoms with Crippen molar-refractivity contribution in [1.82, 2.24) is 0 Å². The number of fused-ring (bicyclic) bond motifs is 2. The molecule has 0 unspecified atom stereocenters. The molecule has 44 heavy (non-hydrogen) atoms. The highest BCUT2D eigenvalue weighted by Gasteiger charge is 2.27. The van der Waals surface area contributed by atoms with Crippen molar-refractivity contribution in [3.63, 3.8) is 0 Å². The third-order valence-electron chi connectivity index (χ3n) is 7.10. The molecule has 0 saturated carbocycles. The smallest absolute Gasteiger partial charge is 0.197 e. The van der Waals surface area contributed by atoms with E-state index in [1.807, 2.05) is 0 Å². The van der Waals surface area contributed by atoms with Gasteiger partial charge in [0, 0.05) is 35.4 Å². The standard InChI is InChI=1S/C32H22O12/c1-41-25-7-13(3-5-15(25)33)23-11-21(39)27-17(35)9-19(37)29(31(27)43-23)30-20(38)10-18(36)28-22(40)12-24(44-32(28)30)14-4-6-16(34)26(8-14)42-2/h3-12,33-38H,1-2H3. The third kappa shape index (κ3) is 4.32. The molecule has 0 atom stereocenters. The van der Waals surface area contributed by atoms with Gasteiger partial charge in [0.15, 0.2) is 45.0 Å². The lowest BCUT2D eigenvalue weighted by Crippen LogP contribution is -2.04. The molecule has 0 spiro atoms. The molecule has 0 radical (unpaired) electrons. The van der Waals surface area contributed by atoms with E-state index in [-0.39, 0.29) is 67.5 Å². The number of aromatic hydroxyl groups is 6. The summed E-state index contributed by atoms with van der Waals surface area (Å²) in [4.78, 5) is 26.6. The first-order chi connectivity index (χ1) is 21.0. The molecule has 0 aliphatic heterocycles. The van der Waals surface area contributed by atoms with Crippen LogP contribution in [0.4, 0.5) is 0 Å². The van der Waals surface area contributed by atoms with E-state index in [2.05, 4.69) is 0 Å². The van der Waals surface area contributed by atoms with E-state index in [0.29, 0.717) is 0 Å². The Balaban J connectivity index is 1.72. The predicted molar refractivity (Wildman–Crippen MR) is 158 cm³/mol. The summed E-state index contributed by atoms with van der Waals surface area (Å²) in [6.07, 6.45) is 0. The molecule has 6 N–H and O–H groups in total. The molecule has 0 aliphatic carbocycles. The Kier molecular flexibility index (Phi) is 6.46. The van der Waals surface area contributed by atoms with Crippen LogP contribution >= 0.6 is 0 Å². The summed E-state index contributed by atoms with van der Waals surface area (Å²) in [6.45, 7) is 0. The second-order valence-corrected chi connectivity index (χ2v) is 9.71. The Morgan fingerprint density at radius 3 is 1.25 bits per heavy atom. The van der Waals surface area contributed by atoms with Crippen molar-refractivity contribution >= 4 is 21.9 Å². The van der Waals surface area contributed by atoms with Crippen LogP contribution in [0.15, 0.2) is 79.1 Å². The van der Waals surface area contributed by atoms with Crippen molar-refractivity contribution in [3.8, 4) is 79.8 Å². The molecule has 12 nitrogen and oxygen atoms in total. The largest absolute Gasteiger partial charge is 0.507 e. The Morgan fingerprint density at radius 1 is 0.500 bits per heavy atom. The first kappa shape index (κ1) is 27.8. The van der Waals surface area contributed by atoms with Gasteiger partial charge in [-0.05, 0) is 36.4 Å². The van der Waals surface area contributed by atoms with Gasteiger partial charge in [-0.1, -0.05) is 0 Å². The molecule has 222 valence electrons. The monoisotopic (exact) mass is 598 g/mol. The van der Waals surface area contributed by atoms with Gasteiger partial charge < -0.3 is 48.9 Å². The van der Waals surface area contributed by atoms with Crippen molar-refractivity contribution in [2.45, 2.75) is 0 Å². The van der Waals surface area contributed by atoms with Crippen LogP contribution in [0, 0.1) is 0 Å². The molecular formula is C32H22O12. The summed E-state index contributed by atoms with van der Waals surface area (Å²) >= 11 is 0. The number of phenolic OH excluding ortho intramolecular Hbond substituents is 6. The van der Waals surface area contributed by atoms with Crippen molar-refractivity contribution in [3.05, 3.63) is 81.1 Å². The minimum atomic E-state index is -0.729. The number of benzene rings is 4. The molecule has 0 bridgehead atoms. The Hall–Kier alpha value is -6.30. The summed E-state index contributed by atoms with van der Waals surface area (Å²) in [7, 11) is 2.66. The maximum Gasteiger partial charge on any atom is 0.197 e. The first-order valence-corrected chi connectivity index (χ1v) is 12.8. The fourth-order valence-electron chi connectivity index (χ4n) is 5.03. The van der Waals surface area contributed by atoms with E-state index in [1.54, 1.807) is 0 Å². The van der Waals surface area contributed by atoms with Gasteiger partial charge in [-0.15, -0.1) is 0 Å². The molecule has 2 heterocycles. The van der Waals surface area contributed by atoms with Crippen LogP contribution in [0.2, 0.25) is 0 Å². The fraction of sp³-hybridized carbons (Fsp3) is 0.0625. The molecule has 12 heteroatoms. The molecule has 0 aliphatic rings. The van der Waals surface area contributed by atoms with Crippen LogP contribution in [0.5, 0.6) is 46.0 Å². The van der Waals surface area contributed by atoms with Gasteiger partial charge in [-0.2, -0.15) is 0 Å². The maximum atomic E-state index is 13.3. The molecule has 2 aromatic heterocycles. The third-order valence-corrected chi connectivity index (χ3v) is 7.10. The zero-order valence-electron chi connectivity index (χ0n) is 22.9. The minimum absolute atomic E-state index is 0.0621. The van der Waals surface area contributed by atoms with E-state index in [9.17, 15) is 40.2 Å². The van der Waals surface area contributed by atoms with Crippen molar-refractivity contribution in [2.75, 3.05) is 14.2 Å². The van der Waals surface area contributed by atoms with Crippen LogP contribution in [0.25, 0.3) is 55.7 Å². The van der Waals surface area contributed by atoms with Crippen LogP contribution in [0.3, 0.4) is 0 Å². The van der Waals surface area contributed by atoms with E-state index in [1.165, 1.54) is 50.6 Å². The van der Waals surface area contributed by atoms with Crippen molar-refractivity contribution in [2.24, 2.45) is 0 Å². The molecule has 4 aromatic carbocycles. The quantitative estimate of drug-likeness (QED) is 0.153. The molecular weight excluding hydrogens is 576 g/mol. The Morgan fingerprint density at radius 2 is 0.886 bits per heavy atom. The van der Waals surface area contributed by atoms with E-state index in [4.69, 9.17) is 18.3 Å². The maximum absolute atomic E-state index is 13.3. The van der Waals surface area contributed by atoms with Gasteiger partial charge in [-0.25, -0.2) is 0 Å². The number of hydrogen-bond acceptors (Lipinski definition) is 12. The van der Waals surface area contributed by atoms with Gasteiger partial charge in [0.25, 0.3) is 0 Å². The Bertz CT molecular complexity index is 2100. The van der Waals surface area contributed by atoms with Gasteiger partial charge in [0.05, 0.1) is 25.3 Å². The second-order valence-electron chi connectivity index (χ2n) is 9.71. The predicted octanol–water partition coefficient (Wildman–Crippen LogP) is 5.15. The Labute approximate surface area is 246 Å². The highest BCUT2D eigenvalue weighted by atomic mass is 16.5. The van der Waals surface area contributed by atoms with Gasteiger partial charge in [0.2, 0.25) is 0 Å². The van der Waals surface area contributed by atoms with Crippen molar-refractivity contribution < 1.29 is 48.9 Å². The van der Waals surface area contributed by atoms with E-state index >= 15 is 0 Å². The van der Waals surface area contributed by atoms with Gasteiger partial charge in [-0.3, -0.25) is 9.59 Å². The van der Waals surface area contributed by atoms with Gasteiger partial charge >= 0.3 is 0 Å². The summed E-state index contributed by atoms with van der Waals surface area (Å²) in [5.41, 5.74) is -2.36. The molecule has 0 fully saturated rings. The SMILES string of the molecule is COc1cc(-c2cc(=O)c3c(O)cc(O)c(-c4c(O)cc(O)c5c(=O)cc(-c6ccc(O)c(OC)c6)oc45)c3o2)ccc1O. The molecule has 0 saturated heterocycles. The zero-order chi connectivity index (χ0) is 31.4. The highest BCUT2D eigenvalue weighted by molar-refractivity contribution is 6.08. The van der Waals surface area contributed by atoms with Crippen LogP contribution in [-0.2, 0) is 0 Å². The van der Waals surface area contributed by atoms with Crippen LogP contribution < -0.4 is 20.3 Å². The number of phenols is 6. The number of methoxy groups -OCH3 is 2. The average molecular weight is 599 g/mol. The van der Waals surface area contributed by atoms with E-state index in [0.717, 1.165) is 24.3 Å². The van der Waals surface area contributed by atoms with Gasteiger partial charge in [0.1, 0.15) is 45.3 Å². The van der Waals surface area contributed by atoms with Crippen LogP contribution in [0.1, 0.15) is 0 Å². The summed E-state index contributed by atoms with van der Waals surface area (Å²) in [6, 6.07) is 12.2. The fourth-order valence-corrected chi connectivity index (χ4v) is 5.03. The number of rotatable bonds is 5. The normalized spacial score (nSPS) is 11.2. The second kappa shape index (κ2) is 10.2. The van der Waals surface area contributed by atoms with Crippen LogP contribution in [-0.4, -0.2) is 44.9 Å². The zero-order valence-corrected chi connectivity index (χ0v) is 22.9. The average Bonchev–Trinajstić information content (AvgIpc) is 2.98. The molecule has 0 amide bonds. The highest BCUT2D eigenvalue weighted by Crippen LogP contribution is 2.49. The van der Waals surface area contributed by atoms with E-state index < -0.39 is 45.0 Å². The minimum Gasteiger partial charge on any atom is -0.507 e. The lowest BCUT2D eigenvalue weighted by molar-refractivity contribution is 0.373. The molecule has 6 rings (SSSR count). The number of ether oxygens (including phenoxy) is 2. The number of hydrogen-bond donors (Lipinski definition) is 6. The summed E-state index contributed by atoms with van der Waals surface area (Å²) in [5, 5.41) is 62.8.